The second-order valence-corrected chi connectivity index (χ2v) is 7.53. The molecule has 1 N–H and O–H groups in total. The zero-order chi connectivity index (χ0) is 16.4. The van der Waals surface area contributed by atoms with Crippen molar-refractivity contribution in [3.8, 4) is 0 Å². The van der Waals surface area contributed by atoms with Crippen LogP contribution in [0.3, 0.4) is 0 Å². The molecule has 118 valence electrons. The molecule has 5 heteroatoms. The van der Waals surface area contributed by atoms with Crippen molar-refractivity contribution < 1.29 is 9.90 Å². The van der Waals surface area contributed by atoms with E-state index >= 15 is 0 Å². The minimum absolute atomic E-state index is 0.200. The largest absolute Gasteiger partial charge is 0.374 e. The Bertz CT molecular complexity index is 851. The van der Waals surface area contributed by atoms with Gasteiger partial charge in [0.2, 0.25) is 5.78 Å². The van der Waals surface area contributed by atoms with Crippen molar-refractivity contribution in [2.24, 2.45) is 4.99 Å². The average Bonchev–Trinajstić information content (AvgIpc) is 3.00. The Hall–Kier alpha value is -1.98. The van der Waals surface area contributed by atoms with Gasteiger partial charge in [-0.2, -0.15) is 0 Å². The summed E-state index contributed by atoms with van der Waals surface area (Å²) in [6.45, 7) is 6.55. The molecule has 0 amide bonds. The van der Waals surface area contributed by atoms with E-state index in [-0.39, 0.29) is 5.78 Å². The predicted molar refractivity (Wildman–Crippen MR) is 93.3 cm³/mol. The van der Waals surface area contributed by atoms with Crippen molar-refractivity contribution >= 4 is 33.6 Å². The van der Waals surface area contributed by atoms with Crippen LogP contribution in [0.5, 0.6) is 0 Å². The zero-order valence-electron chi connectivity index (χ0n) is 13.4. The number of aliphatic imine (C=N–C) groups is 1. The highest BCUT2D eigenvalue weighted by atomic mass is 32.1. The van der Waals surface area contributed by atoms with Gasteiger partial charge in [-0.15, -0.1) is 11.3 Å². The number of rotatable bonds is 1. The number of hydrogen-bond acceptors (Lipinski definition) is 5. The molecule has 1 aromatic carbocycles. The van der Waals surface area contributed by atoms with Gasteiger partial charge in [0.15, 0.2) is 11.4 Å². The number of amidine groups is 1. The number of hydrogen-bond donors (Lipinski definition) is 1. The van der Waals surface area contributed by atoms with Crippen LogP contribution in [0.15, 0.2) is 29.3 Å². The number of aryl methyl sites for hydroxylation is 2. The third-order valence-electron chi connectivity index (χ3n) is 4.85. The molecule has 1 fully saturated rings. The maximum Gasteiger partial charge on any atom is 0.205 e. The molecule has 23 heavy (non-hydrogen) atoms. The van der Waals surface area contributed by atoms with Gasteiger partial charge in [-0.25, -0.2) is 4.99 Å². The fourth-order valence-electron chi connectivity index (χ4n) is 3.32. The number of carbonyl (C=O) groups excluding carboxylic acids is 1. The summed E-state index contributed by atoms with van der Waals surface area (Å²) in [5.74, 6) is 0.272. The second kappa shape index (κ2) is 4.76. The van der Waals surface area contributed by atoms with Gasteiger partial charge in [0, 0.05) is 23.5 Å². The summed E-state index contributed by atoms with van der Waals surface area (Å²) >= 11 is 1.52. The zero-order valence-corrected chi connectivity index (χ0v) is 14.2. The number of thiophene rings is 1. The first kappa shape index (κ1) is 14.6. The van der Waals surface area contributed by atoms with Crippen molar-refractivity contribution in [1.82, 2.24) is 0 Å². The minimum atomic E-state index is -1.49. The Kier molecular flexibility index (Phi) is 3.02. The fourth-order valence-corrected chi connectivity index (χ4v) is 4.34. The summed E-state index contributed by atoms with van der Waals surface area (Å²) in [7, 11) is 0. The highest BCUT2D eigenvalue weighted by molar-refractivity contribution is 7.16. The summed E-state index contributed by atoms with van der Waals surface area (Å²) in [5.41, 5.74) is 2.20. The van der Waals surface area contributed by atoms with Crippen LogP contribution in [0.1, 0.15) is 32.8 Å². The van der Waals surface area contributed by atoms with E-state index in [2.05, 4.69) is 4.99 Å². The molecular weight excluding hydrogens is 308 g/mol. The standard InChI is InChI=1S/C18H18N2O2S/c1-10-4-6-13(7-5-10)20-9-8-18(22)15(21)14-11(2)12(3)23-16(14)19-17(18)20/h4-7,22H,8-9H2,1-3H3. The summed E-state index contributed by atoms with van der Waals surface area (Å²) < 4.78 is 0. The molecule has 4 rings (SSSR count). The number of nitrogens with zero attached hydrogens (tertiary/aromatic N) is 2. The molecule has 1 unspecified atom stereocenters. The van der Waals surface area contributed by atoms with Crippen LogP contribution < -0.4 is 4.90 Å². The topological polar surface area (TPSA) is 52.9 Å². The quantitative estimate of drug-likeness (QED) is 0.872. The third-order valence-corrected chi connectivity index (χ3v) is 5.95. The van der Waals surface area contributed by atoms with Gasteiger partial charge in [-0.1, -0.05) is 17.7 Å². The smallest absolute Gasteiger partial charge is 0.205 e. The van der Waals surface area contributed by atoms with E-state index < -0.39 is 5.60 Å². The summed E-state index contributed by atoms with van der Waals surface area (Å²) in [4.78, 5) is 20.7. The SMILES string of the molecule is Cc1ccc(N2CCC3(O)C(=O)c4c(sc(C)c4C)N=C23)cc1. The molecule has 0 spiro atoms. The molecule has 2 aliphatic rings. The van der Waals surface area contributed by atoms with E-state index in [1.807, 2.05) is 49.9 Å². The average molecular weight is 326 g/mol. The molecule has 2 aromatic rings. The Labute approximate surface area is 139 Å². The molecule has 1 atom stereocenters. The molecule has 3 heterocycles. The molecule has 0 radical (unpaired) electrons. The third kappa shape index (κ3) is 1.93. The number of ketones is 1. The fraction of sp³-hybridized carbons (Fsp3) is 0.333. The number of Topliss-reactive ketones (excluding diaryl/α,β-unsaturated/α-hetero) is 1. The highest BCUT2D eigenvalue weighted by Crippen LogP contribution is 2.45. The van der Waals surface area contributed by atoms with E-state index in [4.69, 9.17) is 0 Å². The van der Waals surface area contributed by atoms with E-state index in [1.165, 1.54) is 16.9 Å². The van der Waals surface area contributed by atoms with Crippen LogP contribution in [0.25, 0.3) is 0 Å². The van der Waals surface area contributed by atoms with Crippen LogP contribution in [0.4, 0.5) is 10.7 Å². The van der Waals surface area contributed by atoms with Crippen LogP contribution in [-0.4, -0.2) is 28.9 Å². The van der Waals surface area contributed by atoms with Gasteiger partial charge in [0.25, 0.3) is 0 Å². The lowest BCUT2D eigenvalue weighted by molar-refractivity contribution is 0.0602. The van der Waals surface area contributed by atoms with Crippen LogP contribution >= 0.6 is 11.3 Å². The first-order valence-corrected chi connectivity index (χ1v) is 8.54. The first-order chi connectivity index (χ1) is 10.9. The Balaban J connectivity index is 1.87. The van der Waals surface area contributed by atoms with Crippen molar-refractivity contribution in [3.05, 3.63) is 45.8 Å². The Morgan fingerprint density at radius 1 is 1.22 bits per heavy atom. The molecule has 4 nitrogen and oxygen atoms in total. The molecule has 1 saturated heterocycles. The molecule has 1 aromatic heterocycles. The maximum absolute atomic E-state index is 12.9. The van der Waals surface area contributed by atoms with Gasteiger partial charge >= 0.3 is 0 Å². The second-order valence-electron chi connectivity index (χ2n) is 6.33. The van der Waals surface area contributed by atoms with Gasteiger partial charge < -0.3 is 10.0 Å². The van der Waals surface area contributed by atoms with E-state index in [0.717, 1.165) is 21.1 Å². The Morgan fingerprint density at radius 3 is 2.61 bits per heavy atom. The maximum atomic E-state index is 12.9. The number of fused-ring (bicyclic) bond motifs is 2. The van der Waals surface area contributed by atoms with E-state index in [0.29, 0.717) is 24.4 Å². The number of carbonyl (C=O) groups is 1. The van der Waals surface area contributed by atoms with Crippen LogP contribution in [0.2, 0.25) is 0 Å². The Morgan fingerprint density at radius 2 is 1.91 bits per heavy atom. The van der Waals surface area contributed by atoms with Gasteiger partial charge in [-0.3, -0.25) is 4.79 Å². The summed E-state index contributed by atoms with van der Waals surface area (Å²) in [6.07, 6.45) is 0.381. The molecule has 2 aliphatic heterocycles. The van der Waals surface area contributed by atoms with Gasteiger partial charge in [-0.05, 0) is 38.5 Å². The number of anilines is 1. The summed E-state index contributed by atoms with van der Waals surface area (Å²) in [6, 6.07) is 8.08. The van der Waals surface area contributed by atoms with Crippen molar-refractivity contribution in [3.63, 3.8) is 0 Å². The first-order valence-electron chi connectivity index (χ1n) is 7.72. The monoisotopic (exact) mass is 326 g/mol. The molecule has 0 aliphatic carbocycles. The molecular formula is C18H18N2O2S. The molecule has 0 bridgehead atoms. The van der Waals surface area contributed by atoms with E-state index in [9.17, 15) is 9.90 Å². The normalized spacial score (nSPS) is 22.9. The van der Waals surface area contributed by atoms with Gasteiger partial charge in [0.1, 0.15) is 5.00 Å². The lowest BCUT2D eigenvalue weighted by Gasteiger charge is -2.28. The number of benzene rings is 1. The van der Waals surface area contributed by atoms with Crippen molar-refractivity contribution in [2.45, 2.75) is 32.8 Å². The highest BCUT2D eigenvalue weighted by Gasteiger charge is 2.53. The van der Waals surface area contributed by atoms with Crippen molar-refractivity contribution in [1.29, 1.82) is 0 Å². The van der Waals surface area contributed by atoms with Crippen molar-refractivity contribution in [2.75, 3.05) is 11.4 Å². The summed E-state index contributed by atoms with van der Waals surface area (Å²) in [5, 5.41) is 11.8. The molecule has 0 saturated carbocycles. The minimum Gasteiger partial charge on any atom is -0.374 e. The van der Waals surface area contributed by atoms with E-state index in [1.54, 1.807) is 0 Å². The predicted octanol–water partition coefficient (Wildman–Crippen LogP) is 3.54. The van der Waals surface area contributed by atoms with Gasteiger partial charge in [0.05, 0.1) is 5.56 Å². The number of aliphatic hydroxyl groups is 1. The van der Waals surface area contributed by atoms with Crippen LogP contribution in [0, 0.1) is 20.8 Å². The lowest BCUT2D eigenvalue weighted by atomic mass is 9.88. The van der Waals surface area contributed by atoms with Crippen LogP contribution in [-0.2, 0) is 0 Å². The lowest BCUT2D eigenvalue weighted by Crippen LogP contribution is -2.48.